The first kappa shape index (κ1) is 16.5. The topological polar surface area (TPSA) is 29.3 Å². The van der Waals surface area contributed by atoms with E-state index < -0.39 is 0 Å². The molecule has 0 aromatic heterocycles. The summed E-state index contributed by atoms with van der Waals surface area (Å²) in [5.41, 5.74) is 9.27. The number of hydrogen-bond donors (Lipinski definition) is 1. The standard InChI is InChI=1S/C19H32N2/c1-4-21(19(15-20)12-6-5-7-13-19)14-17-8-10-18(11-9-17)16(2)3/h8-11,16H,4-7,12-15,20H2,1-3H3. The van der Waals surface area contributed by atoms with Gasteiger partial charge in [-0.25, -0.2) is 0 Å². The molecule has 118 valence electrons. The number of nitrogens with two attached hydrogens (primary N) is 1. The first-order valence-electron chi connectivity index (χ1n) is 8.65. The number of benzene rings is 1. The Kier molecular flexibility index (Phi) is 5.83. The molecule has 0 heterocycles. The van der Waals surface area contributed by atoms with Crippen molar-refractivity contribution in [3.63, 3.8) is 0 Å². The maximum absolute atomic E-state index is 6.19. The average molecular weight is 288 g/mol. The summed E-state index contributed by atoms with van der Waals surface area (Å²) in [6.07, 6.45) is 6.57. The average Bonchev–Trinajstić information content (AvgIpc) is 2.53. The van der Waals surface area contributed by atoms with Crippen molar-refractivity contribution in [3.8, 4) is 0 Å². The molecule has 1 aliphatic rings. The lowest BCUT2D eigenvalue weighted by atomic mass is 9.80. The Balaban J connectivity index is 2.10. The van der Waals surface area contributed by atoms with Gasteiger partial charge in [0.1, 0.15) is 0 Å². The monoisotopic (exact) mass is 288 g/mol. The van der Waals surface area contributed by atoms with E-state index in [1.165, 1.54) is 43.2 Å². The van der Waals surface area contributed by atoms with Crippen LogP contribution in [0.15, 0.2) is 24.3 Å². The Morgan fingerprint density at radius 3 is 2.19 bits per heavy atom. The molecule has 0 radical (unpaired) electrons. The molecule has 1 aromatic rings. The SMILES string of the molecule is CCN(Cc1ccc(C(C)C)cc1)C1(CN)CCCCC1. The van der Waals surface area contributed by atoms with Gasteiger partial charge in [-0.2, -0.15) is 0 Å². The molecule has 0 atom stereocenters. The molecule has 2 heteroatoms. The highest BCUT2D eigenvalue weighted by Crippen LogP contribution is 2.34. The Labute approximate surface area is 130 Å². The predicted molar refractivity (Wildman–Crippen MR) is 91.5 cm³/mol. The minimum absolute atomic E-state index is 0.240. The fourth-order valence-corrected chi connectivity index (χ4v) is 3.70. The van der Waals surface area contributed by atoms with E-state index in [4.69, 9.17) is 5.73 Å². The smallest absolute Gasteiger partial charge is 0.0335 e. The van der Waals surface area contributed by atoms with E-state index in [1.807, 2.05) is 0 Å². The maximum atomic E-state index is 6.19. The summed E-state index contributed by atoms with van der Waals surface area (Å²) in [4.78, 5) is 2.62. The molecule has 1 aliphatic carbocycles. The van der Waals surface area contributed by atoms with Gasteiger partial charge in [0.15, 0.2) is 0 Å². The third kappa shape index (κ3) is 3.87. The fraction of sp³-hybridized carbons (Fsp3) is 0.684. The van der Waals surface area contributed by atoms with Crippen LogP contribution >= 0.6 is 0 Å². The second-order valence-electron chi connectivity index (χ2n) is 6.90. The Morgan fingerprint density at radius 2 is 1.71 bits per heavy atom. The van der Waals surface area contributed by atoms with Crippen molar-refractivity contribution in [3.05, 3.63) is 35.4 Å². The molecule has 0 aliphatic heterocycles. The molecule has 0 saturated heterocycles. The molecule has 1 aromatic carbocycles. The molecule has 1 saturated carbocycles. The van der Waals surface area contributed by atoms with Gasteiger partial charge in [-0.3, -0.25) is 4.90 Å². The van der Waals surface area contributed by atoms with Gasteiger partial charge >= 0.3 is 0 Å². The zero-order valence-electron chi connectivity index (χ0n) is 14.1. The summed E-state index contributed by atoms with van der Waals surface area (Å²) >= 11 is 0. The fourth-order valence-electron chi connectivity index (χ4n) is 3.70. The molecule has 2 nitrogen and oxygen atoms in total. The number of hydrogen-bond acceptors (Lipinski definition) is 2. The van der Waals surface area contributed by atoms with Gasteiger partial charge < -0.3 is 5.73 Å². The highest BCUT2D eigenvalue weighted by molar-refractivity contribution is 5.24. The third-order valence-corrected chi connectivity index (χ3v) is 5.24. The van der Waals surface area contributed by atoms with Gasteiger partial charge in [0, 0.05) is 18.6 Å². The normalized spacial score (nSPS) is 18.4. The molecule has 0 bridgehead atoms. The summed E-state index contributed by atoms with van der Waals surface area (Å²) in [5.74, 6) is 0.607. The Hall–Kier alpha value is -0.860. The van der Waals surface area contributed by atoms with Crippen molar-refractivity contribution in [2.75, 3.05) is 13.1 Å². The molecule has 0 amide bonds. The van der Waals surface area contributed by atoms with Crippen LogP contribution in [-0.2, 0) is 6.54 Å². The molecule has 2 rings (SSSR count). The van der Waals surface area contributed by atoms with Crippen LogP contribution in [0, 0.1) is 0 Å². The van der Waals surface area contributed by atoms with Crippen molar-refractivity contribution in [2.24, 2.45) is 5.73 Å². The van der Waals surface area contributed by atoms with Crippen molar-refractivity contribution in [1.29, 1.82) is 0 Å². The molecule has 2 N–H and O–H groups in total. The molecular weight excluding hydrogens is 256 g/mol. The predicted octanol–water partition coefficient (Wildman–Crippen LogP) is 4.29. The van der Waals surface area contributed by atoms with Crippen LogP contribution in [0.3, 0.4) is 0 Å². The van der Waals surface area contributed by atoms with E-state index >= 15 is 0 Å². The van der Waals surface area contributed by atoms with Gasteiger partial charge in [-0.1, -0.05) is 64.3 Å². The molecule has 21 heavy (non-hydrogen) atoms. The lowest BCUT2D eigenvalue weighted by Crippen LogP contribution is -2.54. The first-order chi connectivity index (χ1) is 10.1. The quantitative estimate of drug-likeness (QED) is 0.846. The summed E-state index contributed by atoms with van der Waals surface area (Å²) in [6.45, 7) is 9.69. The van der Waals surface area contributed by atoms with Crippen molar-refractivity contribution in [2.45, 2.75) is 70.9 Å². The second kappa shape index (κ2) is 7.42. The number of rotatable bonds is 6. The van der Waals surface area contributed by atoms with Crippen LogP contribution in [0.2, 0.25) is 0 Å². The Morgan fingerprint density at radius 1 is 1.10 bits per heavy atom. The van der Waals surface area contributed by atoms with Crippen molar-refractivity contribution < 1.29 is 0 Å². The second-order valence-corrected chi connectivity index (χ2v) is 6.90. The zero-order chi connectivity index (χ0) is 15.3. The summed E-state index contributed by atoms with van der Waals surface area (Å²) in [6, 6.07) is 9.16. The van der Waals surface area contributed by atoms with Crippen LogP contribution in [0.1, 0.15) is 69.9 Å². The van der Waals surface area contributed by atoms with E-state index in [9.17, 15) is 0 Å². The number of likely N-dealkylation sites (N-methyl/N-ethyl adjacent to an activating group) is 1. The highest BCUT2D eigenvalue weighted by Gasteiger charge is 2.35. The van der Waals surface area contributed by atoms with E-state index in [1.54, 1.807) is 0 Å². The van der Waals surface area contributed by atoms with Crippen LogP contribution in [0.5, 0.6) is 0 Å². The van der Waals surface area contributed by atoms with Gasteiger partial charge in [0.25, 0.3) is 0 Å². The molecule has 0 spiro atoms. The van der Waals surface area contributed by atoms with E-state index in [0.29, 0.717) is 5.92 Å². The summed E-state index contributed by atoms with van der Waals surface area (Å²) < 4.78 is 0. The molecule has 1 fully saturated rings. The van der Waals surface area contributed by atoms with Crippen molar-refractivity contribution >= 4 is 0 Å². The maximum Gasteiger partial charge on any atom is 0.0335 e. The van der Waals surface area contributed by atoms with Gasteiger partial charge in [-0.15, -0.1) is 0 Å². The van der Waals surface area contributed by atoms with Gasteiger partial charge in [-0.05, 0) is 36.4 Å². The van der Waals surface area contributed by atoms with Crippen LogP contribution < -0.4 is 5.73 Å². The number of nitrogens with zero attached hydrogens (tertiary/aromatic N) is 1. The minimum Gasteiger partial charge on any atom is -0.329 e. The van der Waals surface area contributed by atoms with Crippen LogP contribution in [0.4, 0.5) is 0 Å². The van der Waals surface area contributed by atoms with Crippen LogP contribution in [0.25, 0.3) is 0 Å². The van der Waals surface area contributed by atoms with Gasteiger partial charge in [0.2, 0.25) is 0 Å². The lowest BCUT2D eigenvalue weighted by Gasteiger charge is -2.45. The van der Waals surface area contributed by atoms with Crippen LogP contribution in [-0.4, -0.2) is 23.5 Å². The molecular formula is C19H32N2. The van der Waals surface area contributed by atoms with Gasteiger partial charge in [0.05, 0.1) is 0 Å². The Bertz CT molecular complexity index is 416. The lowest BCUT2D eigenvalue weighted by molar-refractivity contribution is 0.0546. The van der Waals surface area contributed by atoms with E-state index in [0.717, 1.165) is 19.6 Å². The first-order valence-corrected chi connectivity index (χ1v) is 8.65. The molecule has 0 unspecified atom stereocenters. The largest absolute Gasteiger partial charge is 0.329 e. The highest BCUT2D eigenvalue weighted by atomic mass is 15.2. The third-order valence-electron chi connectivity index (χ3n) is 5.24. The zero-order valence-corrected chi connectivity index (χ0v) is 14.1. The summed E-state index contributed by atoms with van der Waals surface area (Å²) in [7, 11) is 0. The summed E-state index contributed by atoms with van der Waals surface area (Å²) in [5, 5.41) is 0. The van der Waals surface area contributed by atoms with E-state index in [2.05, 4.69) is 49.9 Å². The minimum atomic E-state index is 0.240. The van der Waals surface area contributed by atoms with E-state index in [-0.39, 0.29) is 5.54 Å². The van der Waals surface area contributed by atoms with Crippen molar-refractivity contribution in [1.82, 2.24) is 4.90 Å².